The van der Waals surface area contributed by atoms with E-state index in [9.17, 15) is 5.11 Å². The molecule has 1 aromatic rings. The lowest BCUT2D eigenvalue weighted by Gasteiger charge is -2.22. The minimum Gasteiger partial charge on any atom is -0.392 e. The molecule has 1 aliphatic carbocycles. The van der Waals surface area contributed by atoms with Gasteiger partial charge < -0.3 is 14.4 Å². The largest absolute Gasteiger partial charge is 0.392 e. The molecular formula is C14H24N2O3. The van der Waals surface area contributed by atoms with Crippen molar-refractivity contribution < 1.29 is 14.4 Å². The Morgan fingerprint density at radius 3 is 2.79 bits per heavy atom. The molecule has 0 amide bonds. The number of methoxy groups -OCH3 is 1. The normalized spacial score (nSPS) is 27.8. The number of rotatable bonds is 4. The first-order chi connectivity index (χ1) is 9.10. The molecule has 19 heavy (non-hydrogen) atoms. The van der Waals surface area contributed by atoms with Crippen LogP contribution in [-0.4, -0.2) is 28.5 Å². The molecule has 5 nitrogen and oxygen atoms in total. The van der Waals surface area contributed by atoms with E-state index in [0.717, 1.165) is 32.1 Å². The summed E-state index contributed by atoms with van der Waals surface area (Å²) < 4.78 is 10.9. The van der Waals surface area contributed by atoms with Gasteiger partial charge in [-0.15, -0.1) is 0 Å². The monoisotopic (exact) mass is 268 g/mol. The average Bonchev–Trinajstić information content (AvgIpc) is 2.82. The zero-order valence-electron chi connectivity index (χ0n) is 12.1. The summed E-state index contributed by atoms with van der Waals surface area (Å²) in [5, 5.41) is 14.2. The maximum Gasteiger partial charge on any atom is 0.232 e. The van der Waals surface area contributed by atoms with Gasteiger partial charge in [0.05, 0.1) is 12.0 Å². The highest BCUT2D eigenvalue weighted by Gasteiger charge is 2.33. The van der Waals surface area contributed by atoms with E-state index in [1.807, 2.05) is 13.8 Å². The number of aromatic nitrogens is 2. The summed E-state index contributed by atoms with van der Waals surface area (Å²) in [6, 6.07) is 0. The van der Waals surface area contributed by atoms with Gasteiger partial charge in [0.15, 0.2) is 0 Å². The summed E-state index contributed by atoms with van der Waals surface area (Å²) >= 11 is 0. The van der Waals surface area contributed by atoms with E-state index in [0.29, 0.717) is 11.7 Å². The van der Waals surface area contributed by atoms with Crippen molar-refractivity contribution in [2.75, 3.05) is 7.11 Å². The van der Waals surface area contributed by atoms with Crippen molar-refractivity contribution in [3.05, 3.63) is 11.7 Å². The predicted molar refractivity (Wildman–Crippen MR) is 70.8 cm³/mol. The van der Waals surface area contributed by atoms with E-state index in [2.05, 4.69) is 10.1 Å². The van der Waals surface area contributed by atoms with Gasteiger partial charge in [0.25, 0.3) is 0 Å². The Hall–Kier alpha value is -0.940. The van der Waals surface area contributed by atoms with E-state index < -0.39 is 5.60 Å². The lowest BCUT2D eigenvalue weighted by molar-refractivity contribution is -0.0106. The van der Waals surface area contributed by atoms with E-state index in [4.69, 9.17) is 9.26 Å². The lowest BCUT2D eigenvalue weighted by Crippen LogP contribution is -2.25. The van der Waals surface area contributed by atoms with E-state index in [1.165, 1.54) is 6.42 Å². The van der Waals surface area contributed by atoms with Crippen molar-refractivity contribution in [2.24, 2.45) is 0 Å². The molecular weight excluding hydrogens is 244 g/mol. The van der Waals surface area contributed by atoms with Crippen molar-refractivity contribution in [2.45, 2.75) is 70.0 Å². The Balaban J connectivity index is 2.20. The molecule has 0 bridgehead atoms. The zero-order chi connectivity index (χ0) is 13.9. The van der Waals surface area contributed by atoms with Gasteiger partial charge in [0, 0.05) is 7.11 Å². The Labute approximate surface area is 114 Å². The van der Waals surface area contributed by atoms with Crippen LogP contribution in [0.5, 0.6) is 0 Å². The number of ether oxygens (including phenoxy) is 1. The average molecular weight is 268 g/mol. The molecule has 3 unspecified atom stereocenters. The number of hydrogen-bond donors (Lipinski definition) is 1. The molecule has 1 heterocycles. The fourth-order valence-corrected chi connectivity index (χ4v) is 2.57. The maximum atomic E-state index is 10.2. The van der Waals surface area contributed by atoms with Gasteiger partial charge in [-0.25, -0.2) is 0 Å². The quantitative estimate of drug-likeness (QED) is 0.850. The maximum absolute atomic E-state index is 10.2. The van der Waals surface area contributed by atoms with Gasteiger partial charge in [-0.05, 0) is 26.2 Å². The van der Waals surface area contributed by atoms with Crippen LogP contribution in [0.25, 0.3) is 0 Å². The van der Waals surface area contributed by atoms with Gasteiger partial charge in [0.2, 0.25) is 11.7 Å². The van der Waals surface area contributed by atoms with Crippen molar-refractivity contribution in [1.29, 1.82) is 0 Å². The molecule has 2 rings (SSSR count). The van der Waals surface area contributed by atoms with Crippen LogP contribution in [0, 0.1) is 0 Å². The van der Waals surface area contributed by atoms with Crippen LogP contribution in [0.15, 0.2) is 4.52 Å². The van der Waals surface area contributed by atoms with Crippen LogP contribution in [0.1, 0.15) is 70.0 Å². The first kappa shape index (κ1) is 14.5. The smallest absolute Gasteiger partial charge is 0.232 e. The summed E-state index contributed by atoms with van der Waals surface area (Å²) in [7, 11) is 1.65. The van der Waals surface area contributed by atoms with Crippen LogP contribution < -0.4 is 0 Å². The molecule has 0 spiro atoms. The highest BCUT2D eigenvalue weighted by atomic mass is 16.5. The van der Waals surface area contributed by atoms with Crippen molar-refractivity contribution in [3.63, 3.8) is 0 Å². The lowest BCUT2D eigenvalue weighted by atomic mass is 9.97. The molecule has 1 fully saturated rings. The Morgan fingerprint density at radius 2 is 2.11 bits per heavy atom. The number of nitrogens with zero attached hydrogens (tertiary/aromatic N) is 2. The number of hydrogen-bond acceptors (Lipinski definition) is 5. The van der Waals surface area contributed by atoms with Gasteiger partial charge in [-0.2, -0.15) is 4.98 Å². The SMILES string of the molecule is CCC(C)(OC)c1noc(C2CCCCCC2O)n1. The first-order valence-corrected chi connectivity index (χ1v) is 7.18. The van der Waals surface area contributed by atoms with Crippen LogP contribution >= 0.6 is 0 Å². The molecule has 108 valence electrons. The second-order valence-corrected chi connectivity index (χ2v) is 5.56. The summed E-state index contributed by atoms with van der Waals surface area (Å²) in [4.78, 5) is 4.48. The zero-order valence-corrected chi connectivity index (χ0v) is 12.1. The summed E-state index contributed by atoms with van der Waals surface area (Å²) in [5.74, 6) is 1.10. The molecule has 0 saturated heterocycles. The highest BCUT2D eigenvalue weighted by Crippen LogP contribution is 2.33. The Kier molecular flexibility index (Phi) is 4.58. The van der Waals surface area contributed by atoms with Crippen LogP contribution in [0.2, 0.25) is 0 Å². The summed E-state index contributed by atoms with van der Waals surface area (Å²) in [5.41, 5.74) is -0.516. The fraction of sp³-hybridized carbons (Fsp3) is 0.857. The van der Waals surface area contributed by atoms with E-state index in [-0.39, 0.29) is 12.0 Å². The standard InChI is InChI=1S/C14H24N2O3/c1-4-14(2,18-3)13-15-12(19-16-13)10-8-6-5-7-9-11(10)17/h10-11,17H,4-9H2,1-3H3. The third kappa shape index (κ3) is 2.98. The fourth-order valence-electron chi connectivity index (χ4n) is 2.57. The minimum absolute atomic E-state index is 0.0262. The third-order valence-electron chi connectivity index (χ3n) is 4.34. The molecule has 1 aromatic heterocycles. The van der Waals surface area contributed by atoms with Gasteiger partial charge >= 0.3 is 0 Å². The predicted octanol–water partition coefficient (Wildman–Crippen LogP) is 2.75. The van der Waals surface area contributed by atoms with Crippen molar-refractivity contribution >= 4 is 0 Å². The third-order valence-corrected chi connectivity index (χ3v) is 4.34. The summed E-state index contributed by atoms with van der Waals surface area (Å²) in [6.07, 6.45) is 5.48. The molecule has 1 aliphatic rings. The molecule has 1 N–H and O–H groups in total. The van der Waals surface area contributed by atoms with Crippen molar-refractivity contribution in [3.8, 4) is 0 Å². The van der Waals surface area contributed by atoms with Gasteiger partial charge in [-0.3, -0.25) is 0 Å². The highest BCUT2D eigenvalue weighted by molar-refractivity contribution is 5.04. The topological polar surface area (TPSA) is 68.4 Å². The summed E-state index contributed by atoms with van der Waals surface area (Å²) in [6.45, 7) is 3.98. The molecule has 0 radical (unpaired) electrons. The molecule has 3 atom stereocenters. The first-order valence-electron chi connectivity index (χ1n) is 7.18. The number of aliphatic hydroxyl groups excluding tert-OH is 1. The second-order valence-electron chi connectivity index (χ2n) is 5.56. The van der Waals surface area contributed by atoms with Crippen LogP contribution in [0.3, 0.4) is 0 Å². The van der Waals surface area contributed by atoms with Crippen LogP contribution in [-0.2, 0) is 10.3 Å². The Bertz CT molecular complexity index is 401. The van der Waals surface area contributed by atoms with Crippen molar-refractivity contribution in [1.82, 2.24) is 10.1 Å². The Morgan fingerprint density at radius 1 is 1.37 bits per heavy atom. The van der Waals surface area contributed by atoms with E-state index in [1.54, 1.807) is 7.11 Å². The molecule has 5 heteroatoms. The molecule has 0 aromatic carbocycles. The van der Waals surface area contributed by atoms with E-state index >= 15 is 0 Å². The molecule has 0 aliphatic heterocycles. The number of aliphatic hydroxyl groups is 1. The minimum atomic E-state index is -0.516. The second kappa shape index (κ2) is 6.01. The van der Waals surface area contributed by atoms with Gasteiger partial charge in [0.1, 0.15) is 5.60 Å². The van der Waals surface area contributed by atoms with Gasteiger partial charge in [-0.1, -0.05) is 31.3 Å². The molecule has 1 saturated carbocycles. The van der Waals surface area contributed by atoms with Crippen LogP contribution in [0.4, 0.5) is 0 Å².